The smallest absolute Gasteiger partial charge is 0.260 e. The minimum atomic E-state index is -0.972. The van der Waals surface area contributed by atoms with E-state index >= 15 is 0 Å². The van der Waals surface area contributed by atoms with E-state index < -0.39 is 29.8 Å². The van der Waals surface area contributed by atoms with E-state index in [-0.39, 0.29) is 18.3 Å². The lowest BCUT2D eigenvalue weighted by atomic mass is 10.0. The largest absolute Gasteiger partial charge is 0.484 e. The van der Waals surface area contributed by atoms with Crippen LogP contribution < -0.4 is 10.5 Å². The van der Waals surface area contributed by atoms with Gasteiger partial charge in [0.1, 0.15) is 11.6 Å². The third-order valence-electron chi connectivity index (χ3n) is 3.99. The fraction of sp³-hybridized carbons (Fsp3) is 0.467. The van der Waals surface area contributed by atoms with Gasteiger partial charge in [0, 0.05) is 13.1 Å². The van der Waals surface area contributed by atoms with Crippen LogP contribution in [0, 0.1) is 11.7 Å². The molecule has 1 aliphatic rings. The van der Waals surface area contributed by atoms with Crippen molar-refractivity contribution in [2.75, 3.05) is 13.7 Å². The first-order valence-electron chi connectivity index (χ1n) is 7.01. The van der Waals surface area contributed by atoms with Crippen LogP contribution in [0.15, 0.2) is 24.3 Å². The molecule has 1 aliphatic carbocycles. The molecule has 2 amide bonds. The normalized spacial score (nSPS) is 24.0. The number of carbonyl (C=O) groups is 2. The van der Waals surface area contributed by atoms with Crippen LogP contribution >= 0.6 is 0 Å². The van der Waals surface area contributed by atoms with Gasteiger partial charge in [0.2, 0.25) is 5.91 Å². The molecule has 7 heteroatoms. The maximum atomic E-state index is 13.0. The zero-order valence-corrected chi connectivity index (χ0v) is 12.2. The van der Waals surface area contributed by atoms with Gasteiger partial charge >= 0.3 is 0 Å². The average Bonchev–Trinajstić information content (AvgIpc) is 2.86. The van der Waals surface area contributed by atoms with E-state index in [1.54, 1.807) is 6.07 Å². The van der Waals surface area contributed by atoms with Crippen LogP contribution in [0.25, 0.3) is 0 Å². The predicted octanol–water partition coefficient (Wildman–Crippen LogP) is 0.288. The molecule has 3 N–H and O–H groups in total. The highest BCUT2D eigenvalue weighted by Crippen LogP contribution is 2.29. The van der Waals surface area contributed by atoms with Crippen molar-refractivity contribution in [3.05, 3.63) is 30.1 Å². The second-order valence-electron chi connectivity index (χ2n) is 5.39. The highest BCUT2D eigenvalue weighted by Gasteiger charge is 2.41. The number of aliphatic hydroxyl groups excluding tert-OH is 1. The first-order chi connectivity index (χ1) is 10.4. The van der Waals surface area contributed by atoms with Crippen LogP contribution in [0.5, 0.6) is 5.75 Å². The van der Waals surface area contributed by atoms with Gasteiger partial charge in [0.15, 0.2) is 6.61 Å². The van der Waals surface area contributed by atoms with E-state index in [0.29, 0.717) is 12.8 Å². The van der Waals surface area contributed by atoms with Gasteiger partial charge in [0.05, 0.1) is 18.1 Å². The van der Waals surface area contributed by atoms with E-state index in [9.17, 15) is 19.1 Å². The Labute approximate surface area is 127 Å². The van der Waals surface area contributed by atoms with Gasteiger partial charge in [-0.25, -0.2) is 4.39 Å². The molecule has 1 saturated carbocycles. The Morgan fingerprint density at radius 1 is 1.45 bits per heavy atom. The molecule has 0 aliphatic heterocycles. The van der Waals surface area contributed by atoms with Crippen LogP contribution in [0.2, 0.25) is 0 Å². The number of hydrogen-bond donors (Lipinski definition) is 2. The van der Waals surface area contributed by atoms with Crippen molar-refractivity contribution in [1.29, 1.82) is 0 Å². The van der Waals surface area contributed by atoms with E-state index in [4.69, 9.17) is 10.5 Å². The van der Waals surface area contributed by atoms with E-state index in [2.05, 4.69) is 0 Å². The Balaban J connectivity index is 1.91. The van der Waals surface area contributed by atoms with E-state index in [0.717, 1.165) is 0 Å². The van der Waals surface area contributed by atoms with Crippen LogP contribution in [0.3, 0.4) is 0 Å². The summed E-state index contributed by atoms with van der Waals surface area (Å²) in [4.78, 5) is 24.6. The third-order valence-corrected chi connectivity index (χ3v) is 3.99. The Kier molecular flexibility index (Phi) is 4.97. The molecular weight excluding hydrogens is 291 g/mol. The standard InChI is InChI=1S/C15H19FN2O4/c1-18(12-6-5-11(14(12)20)15(17)21)13(19)8-22-10-4-2-3-9(16)7-10/h2-4,7,11-12,14,20H,5-6,8H2,1H3,(H2,17,21)/t11-,12-,14+/m1/s1. The summed E-state index contributed by atoms with van der Waals surface area (Å²) >= 11 is 0. The molecule has 0 spiro atoms. The fourth-order valence-corrected chi connectivity index (χ4v) is 2.68. The molecule has 6 nitrogen and oxygen atoms in total. The predicted molar refractivity (Wildman–Crippen MR) is 76.4 cm³/mol. The van der Waals surface area contributed by atoms with Crippen molar-refractivity contribution in [2.45, 2.75) is 25.0 Å². The minimum Gasteiger partial charge on any atom is -0.484 e. The zero-order chi connectivity index (χ0) is 16.3. The molecule has 0 heterocycles. The summed E-state index contributed by atoms with van der Waals surface area (Å²) in [7, 11) is 1.54. The molecule has 1 aromatic rings. The van der Waals surface area contributed by atoms with Crippen molar-refractivity contribution in [1.82, 2.24) is 4.90 Å². The summed E-state index contributed by atoms with van der Waals surface area (Å²) in [6, 6.07) is 5.02. The van der Waals surface area contributed by atoms with Gasteiger partial charge in [0.25, 0.3) is 5.91 Å². The Morgan fingerprint density at radius 2 is 2.18 bits per heavy atom. The molecule has 1 fully saturated rings. The summed E-state index contributed by atoms with van der Waals surface area (Å²) in [5, 5.41) is 10.1. The first-order valence-corrected chi connectivity index (χ1v) is 7.01. The Morgan fingerprint density at radius 3 is 2.77 bits per heavy atom. The summed E-state index contributed by atoms with van der Waals surface area (Å²) in [6.07, 6.45) is -0.0267. The number of carbonyl (C=O) groups excluding carboxylic acids is 2. The number of amides is 2. The lowest BCUT2D eigenvalue weighted by molar-refractivity contribution is -0.137. The molecule has 0 saturated heterocycles. The number of nitrogens with two attached hydrogens (primary N) is 1. The van der Waals surface area contributed by atoms with Crippen LogP contribution in [-0.4, -0.2) is 47.6 Å². The van der Waals surface area contributed by atoms with Crippen molar-refractivity contribution in [3.63, 3.8) is 0 Å². The van der Waals surface area contributed by atoms with Gasteiger partial charge in [-0.2, -0.15) is 0 Å². The number of halogens is 1. The number of benzene rings is 1. The first kappa shape index (κ1) is 16.2. The lowest BCUT2D eigenvalue weighted by Crippen LogP contribution is -2.46. The molecule has 120 valence electrons. The number of nitrogens with zero attached hydrogens (tertiary/aromatic N) is 1. The fourth-order valence-electron chi connectivity index (χ4n) is 2.68. The number of aliphatic hydroxyl groups is 1. The van der Waals surface area contributed by atoms with Gasteiger partial charge in [-0.05, 0) is 25.0 Å². The Hall–Kier alpha value is -2.15. The van der Waals surface area contributed by atoms with Crippen LogP contribution in [0.4, 0.5) is 4.39 Å². The number of rotatable bonds is 5. The number of likely N-dealkylation sites (N-methyl/N-ethyl adjacent to an activating group) is 1. The minimum absolute atomic E-state index is 0.253. The molecule has 0 bridgehead atoms. The quantitative estimate of drug-likeness (QED) is 0.817. The SMILES string of the molecule is CN(C(=O)COc1cccc(F)c1)[C@@H]1CC[C@@H](C(N)=O)[C@@H]1O. The topological polar surface area (TPSA) is 92.9 Å². The van der Waals surface area contributed by atoms with Crippen molar-refractivity contribution in [3.8, 4) is 5.75 Å². The molecule has 0 unspecified atom stereocenters. The monoisotopic (exact) mass is 310 g/mol. The molecular formula is C15H19FN2O4. The van der Waals surface area contributed by atoms with Crippen LogP contribution in [-0.2, 0) is 9.59 Å². The van der Waals surface area contributed by atoms with Crippen molar-refractivity contribution >= 4 is 11.8 Å². The van der Waals surface area contributed by atoms with Gasteiger partial charge in [-0.3, -0.25) is 9.59 Å². The molecule has 0 aromatic heterocycles. The maximum Gasteiger partial charge on any atom is 0.260 e. The summed E-state index contributed by atoms with van der Waals surface area (Å²) in [5.41, 5.74) is 5.21. The highest BCUT2D eigenvalue weighted by molar-refractivity contribution is 5.80. The van der Waals surface area contributed by atoms with E-state index in [1.807, 2.05) is 0 Å². The second-order valence-corrected chi connectivity index (χ2v) is 5.39. The second kappa shape index (κ2) is 6.74. The summed E-state index contributed by atoms with van der Waals surface area (Å²) < 4.78 is 18.2. The highest BCUT2D eigenvalue weighted by atomic mass is 19.1. The van der Waals surface area contributed by atoms with Crippen molar-refractivity contribution in [2.24, 2.45) is 11.7 Å². The number of ether oxygens (including phenoxy) is 1. The molecule has 3 atom stereocenters. The third kappa shape index (κ3) is 3.54. The molecule has 1 aromatic carbocycles. The van der Waals surface area contributed by atoms with Gasteiger partial charge < -0.3 is 20.5 Å². The van der Waals surface area contributed by atoms with Crippen molar-refractivity contribution < 1.29 is 23.8 Å². The van der Waals surface area contributed by atoms with E-state index in [1.165, 1.54) is 30.1 Å². The Bertz CT molecular complexity index is 566. The maximum absolute atomic E-state index is 13.0. The summed E-state index contributed by atoms with van der Waals surface area (Å²) in [5.74, 6) is -1.76. The molecule has 0 radical (unpaired) electrons. The number of hydrogen-bond acceptors (Lipinski definition) is 4. The lowest BCUT2D eigenvalue weighted by Gasteiger charge is -2.28. The molecule has 2 rings (SSSR count). The van der Waals surface area contributed by atoms with Gasteiger partial charge in [-0.1, -0.05) is 6.07 Å². The summed E-state index contributed by atoms with van der Waals surface area (Å²) in [6.45, 7) is -0.273. The number of primary amides is 1. The zero-order valence-electron chi connectivity index (χ0n) is 12.2. The van der Waals surface area contributed by atoms with Gasteiger partial charge in [-0.15, -0.1) is 0 Å². The average molecular weight is 310 g/mol. The van der Waals surface area contributed by atoms with Crippen LogP contribution in [0.1, 0.15) is 12.8 Å². The molecule has 22 heavy (non-hydrogen) atoms.